The first kappa shape index (κ1) is 23.0. The van der Waals surface area contributed by atoms with Crippen molar-refractivity contribution in [3.8, 4) is 11.8 Å². The van der Waals surface area contributed by atoms with Gasteiger partial charge in [0.1, 0.15) is 11.8 Å². The fourth-order valence-electron chi connectivity index (χ4n) is 6.37. The molecule has 0 amide bonds. The van der Waals surface area contributed by atoms with Gasteiger partial charge in [-0.25, -0.2) is 9.57 Å². The van der Waals surface area contributed by atoms with E-state index < -0.39 is 30.1 Å². The third kappa shape index (κ3) is 3.53. The summed E-state index contributed by atoms with van der Waals surface area (Å²) in [6.45, 7) is 6.22. The summed E-state index contributed by atoms with van der Waals surface area (Å²) in [6, 6.07) is 9.22. The summed E-state index contributed by atoms with van der Waals surface area (Å²) >= 11 is 0. The molecule has 10 heteroatoms. The van der Waals surface area contributed by atoms with Crippen LogP contribution in [0.15, 0.2) is 30.5 Å². The average molecular weight is 483 g/mol. The van der Waals surface area contributed by atoms with E-state index in [-0.39, 0.29) is 24.4 Å². The van der Waals surface area contributed by atoms with Crippen molar-refractivity contribution in [2.24, 2.45) is 23.7 Å². The number of rotatable bonds is 4. The van der Waals surface area contributed by atoms with Gasteiger partial charge < -0.3 is 19.3 Å². The van der Waals surface area contributed by atoms with Crippen LogP contribution in [-0.2, 0) is 30.6 Å². The van der Waals surface area contributed by atoms with Crippen LogP contribution in [0.4, 0.5) is 0 Å². The predicted octanol–water partition coefficient (Wildman–Crippen LogP) is 2.83. The first-order valence-electron chi connectivity index (χ1n) is 12.3. The number of ether oxygens (including phenoxy) is 3. The number of aromatic nitrogens is 3. The Balaban J connectivity index is 1.21. The van der Waals surface area contributed by atoms with Gasteiger partial charge in [0, 0.05) is 17.8 Å². The monoisotopic (exact) mass is 482 g/mol. The molecule has 2 bridgehead atoms. The summed E-state index contributed by atoms with van der Waals surface area (Å²) in [4.78, 5) is 11.8. The SMILES string of the molecule is C[C@H]1[C@@H](OCc2cn(-c3ccc(C#N)cc3)nn2)O[C@@H]2O[C@]3(C)OO[C@]24[C@H]1CC[C@@H](C)[C@@H]4C[C@H]3O. The fraction of sp³-hybridized carbons (Fsp3) is 0.640. The van der Waals surface area contributed by atoms with Crippen LogP contribution < -0.4 is 0 Å². The Hall–Kier alpha value is -2.39. The maximum atomic E-state index is 10.9. The molecule has 1 aromatic carbocycles. The van der Waals surface area contributed by atoms with Crippen molar-refractivity contribution >= 4 is 0 Å². The van der Waals surface area contributed by atoms with Gasteiger partial charge in [-0.05, 0) is 56.4 Å². The Kier molecular flexibility index (Phi) is 5.49. The van der Waals surface area contributed by atoms with E-state index in [0.717, 1.165) is 18.5 Å². The van der Waals surface area contributed by atoms with Crippen molar-refractivity contribution in [3.63, 3.8) is 0 Å². The second kappa shape index (κ2) is 8.34. The molecule has 1 aliphatic carbocycles. The Morgan fingerprint density at radius 3 is 2.77 bits per heavy atom. The van der Waals surface area contributed by atoms with E-state index in [0.29, 0.717) is 23.6 Å². The van der Waals surface area contributed by atoms with Gasteiger partial charge in [-0.2, -0.15) is 10.1 Å². The maximum Gasteiger partial charge on any atom is 0.227 e. The summed E-state index contributed by atoms with van der Waals surface area (Å²) in [7, 11) is 0. The highest BCUT2D eigenvalue weighted by molar-refractivity contribution is 5.38. The summed E-state index contributed by atoms with van der Waals surface area (Å²) in [6.07, 6.45) is 2.27. The lowest BCUT2D eigenvalue weighted by Crippen LogP contribution is -2.70. The topological polar surface area (TPSA) is 121 Å². The number of nitriles is 1. The summed E-state index contributed by atoms with van der Waals surface area (Å²) in [5.41, 5.74) is 1.28. The second-order valence-corrected chi connectivity index (χ2v) is 10.5. The van der Waals surface area contributed by atoms with Crippen LogP contribution in [0.3, 0.4) is 0 Å². The van der Waals surface area contributed by atoms with Crippen molar-refractivity contribution in [3.05, 3.63) is 41.7 Å². The van der Waals surface area contributed by atoms with E-state index >= 15 is 0 Å². The molecule has 9 atom stereocenters. The summed E-state index contributed by atoms with van der Waals surface area (Å²) < 4.78 is 20.5. The maximum absolute atomic E-state index is 10.9. The molecule has 0 radical (unpaired) electrons. The van der Waals surface area contributed by atoms with Crippen molar-refractivity contribution in [1.82, 2.24) is 15.0 Å². The fourth-order valence-corrected chi connectivity index (χ4v) is 6.37. The molecule has 5 heterocycles. The number of fused-ring (bicyclic) bond motifs is 2. The lowest BCUT2D eigenvalue weighted by Gasteiger charge is -2.60. The molecule has 4 aliphatic heterocycles. The zero-order valence-corrected chi connectivity index (χ0v) is 20.0. The van der Waals surface area contributed by atoms with Gasteiger partial charge in [0.15, 0.2) is 18.2 Å². The molecule has 5 fully saturated rings. The van der Waals surface area contributed by atoms with Gasteiger partial charge in [-0.15, -0.1) is 5.10 Å². The second-order valence-electron chi connectivity index (χ2n) is 10.5. The van der Waals surface area contributed by atoms with Crippen molar-refractivity contribution < 1.29 is 29.1 Å². The first-order valence-corrected chi connectivity index (χ1v) is 12.3. The molecular formula is C25H30N4O6. The Morgan fingerprint density at radius 2 is 2.00 bits per heavy atom. The molecule has 1 saturated carbocycles. The Morgan fingerprint density at radius 1 is 1.20 bits per heavy atom. The highest BCUT2D eigenvalue weighted by Gasteiger charge is 2.71. The number of aliphatic hydroxyl groups excluding tert-OH is 1. The average Bonchev–Trinajstić information content (AvgIpc) is 3.27. The van der Waals surface area contributed by atoms with Crippen LogP contribution in [0.2, 0.25) is 0 Å². The number of hydrogen-bond donors (Lipinski definition) is 1. The van der Waals surface area contributed by atoms with E-state index in [9.17, 15) is 5.11 Å². The molecule has 5 aliphatic rings. The van der Waals surface area contributed by atoms with Crippen LogP contribution >= 0.6 is 0 Å². The zero-order chi connectivity index (χ0) is 24.4. The molecule has 186 valence electrons. The Labute approximate surface area is 203 Å². The molecule has 7 rings (SSSR count). The normalized spacial score (nSPS) is 42.2. The molecule has 10 nitrogen and oxygen atoms in total. The summed E-state index contributed by atoms with van der Waals surface area (Å²) in [5.74, 6) is -0.770. The van der Waals surface area contributed by atoms with Crippen molar-refractivity contribution in [1.29, 1.82) is 5.26 Å². The van der Waals surface area contributed by atoms with Gasteiger partial charge in [-0.1, -0.05) is 19.1 Å². The van der Waals surface area contributed by atoms with Crippen molar-refractivity contribution in [2.45, 2.75) is 76.7 Å². The van der Waals surface area contributed by atoms with Gasteiger partial charge in [-0.3, -0.25) is 0 Å². The first-order chi connectivity index (χ1) is 16.8. The minimum Gasteiger partial charge on any atom is -0.387 e. The standard InChI is InChI=1S/C25H30N4O6/c1-14-4-9-19-15(2)22(32-23-25(19)20(14)10-21(30)24(3,33-23)34-35-25)31-13-17-12-29(28-27-17)18-7-5-16(11-26)6-8-18/h5-8,12,14-15,19-23,30H,4,9-10,13H2,1-3H3/t14-,15-,19+,20+,21-,22+,23-,24-,25+/m1/s1. The van der Waals surface area contributed by atoms with Crippen LogP contribution in [0, 0.1) is 35.0 Å². The van der Waals surface area contributed by atoms with Crippen molar-refractivity contribution in [2.75, 3.05) is 0 Å². The highest BCUT2D eigenvalue weighted by atomic mass is 17.3. The quantitative estimate of drug-likeness (QED) is 0.656. The van der Waals surface area contributed by atoms with E-state index in [4.69, 9.17) is 29.2 Å². The largest absolute Gasteiger partial charge is 0.387 e. The Bertz CT molecular complexity index is 1130. The van der Waals surface area contributed by atoms with Crippen LogP contribution in [0.1, 0.15) is 51.3 Å². The number of hydrogen-bond acceptors (Lipinski definition) is 9. The third-order valence-corrected chi connectivity index (χ3v) is 8.44. The molecule has 35 heavy (non-hydrogen) atoms. The zero-order valence-electron chi connectivity index (χ0n) is 20.0. The van der Waals surface area contributed by atoms with E-state index in [1.54, 1.807) is 29.9 Å². The van der Waals surface area contributed by atoms with Crippen LogP contribution in [-0.4, -0.2) is 50.2 Å². The van der Waals surface area contributed by atoms with Gasteiger partial charge in [0.25, 0.3) is 0 Å². The highest BCUT2D eigenvalue weighted by Crippen LogP contribution is 2.60. The van der Waals surface area contributed by atoms with E-state index in [1.165, 1.54) is 0 Å². The van der Waals surface area contributed by atoms with Gasteiger partial charge >= 0.3 is 0 Å². The minimum absolute atomic E-state index is 0.0154. The molecular weight excluding hydrogens is 452 g/mol. The molecule has 2 aromatic rings. The molecule has 1 aromatic heterocycles. The lowest BCUT2D eigenvalue weighted by molar-refractivity contribution is -0.583. The smallest absolute Gasteiger partial charge is 0.227 e. The van der Waals surface area contributed by atoms with Crippen LogP contribution in [0.5, 0.6) is 0 Å². The minimum atomic E-state index is -1.29. The van der Waals surface area contributed by atoms with Gasteiger partial charge in [0.2, 0.25) is 5.79 Å². The number of benzene rings is 1. The molecule has 0 unspecified atom stereocenters. The molecule has 1 spiro atoms. The number of aliphatic hydroxyl groups is 1. The predicted molar refractivity (Wildman–Crippen MR) is 119 cm³/mol. The molecule has 1 N–H and O–H groups in total. The van der Waals surface area contributed by atoms with Crippen LogP contribution in [0.25, 0.3) is 5.69 Å². The molecule has 4 saturated heterocycles. The summed E-state index contributed by atoms with van der Waals surface area (Å²) in [5, 5.41) is 28.3. The number of nitrogens with zero attached hydrogens (tertiary/aromatic N) is 4. The van der Waals surface area contributed by atoms with E-state index in [1.807, 2.05) is 12.1 Å². The van der Waals surface area contributed by atoms with E-state index in [2.05, 4.69) is 30.2 Å². The van der Waals surface area contributed by atoms with Gasteiger partial charge in [0.05, 0.1) is 30.1 Å². The lowest BCUT2D eigenvalue weighted by atomic mass is 9.58. The third-order valence-electron chi connectivity index (χ3n) is 8.44.